The molecule has 1 fully saturated rings. The molecule has 0 aliphatic carbocycles. The third-order valence-corrected chi connectivity index (χ3v) is 5.25. The Morgan fingerprint density at radius 2 is 1.96 bits per heavy atom. The first-order valence-corrected chi connectivity index (χ1v) is 8.63. The molecule has 0 saturated carbocycles. The van der Waals surface area contributed by atoms with Crippen LogP contribution in [0.25, 0.3) is 16.7 Å². The summed E-state index contributed by atoms with van der Waals surface area (Å²) in [6.45, 7) is 3.27. The zero-order chi connectivity index (χ0) is 18.3. The highest BCUT2D eigenvalue weighted by Gasteiger charge is 2.37. The molecule has 7 nitrogen and oxygen atoms in total. The van der Waals surface area contributed by atoms with Gasteiger partial charge in [-0.25, -0.2) is 14.1 Å². The summed E-state index contributed by atoms with van der Waals surface area (Å²) >= 11 is 0. The van der Waals surface area contributed by atoms with E-state index >= 15 is 0 Å². The Bertz CT molecular complexity index is 989. The Labute approximate surface area is 149 Å². The van der Waals surface area contributed by atoms with Crippen LogP contribution in [-0.4, -0.2) is 43.1 Å². The smallest absolute Gasteiger partial charge is 0.264 e. The van der Waals surface area contributed by atoms with Crippen LogP contribution in [-0.2, 0) is 0 Å². The van der Waals surface area contributed by atoms with E-state index in [1.165, 1.54) is 33.9 Å². The van der Waals surface area contributed by atoms with Crippen LogP contribution in [0.15, 0.2) is 41.6 Å². The molecule has 0 spiro atoms. The van der Waals surface area contributed by atoms with Crippen LogP contribution in [0.3, 0.4) is 0 Å². The van der Waals surface area contributed by atoms with E-state index in [0.717, 1.165) is 0 Å². The van der Waals surface area contributed by atoms with Gasteiger partial charge in [0.2, 0.25) is 0 Å². The van der Waals surface area contributed by atoms with Crippen molar-refractivity contribution >= 4 is 11.0 Å². The van der Waals surface area contributed by atoms with Gasteiger partial charge in [-0.15, -0.1) is 0 Å². The van der Waals surface area contributed by atoms with E-state index in [2.05, 4.69) is 15.4 Å². The van der Waals surface area contributed by atoms with E-state index in [-0.39, 0.29) is 11.4 Å². The second-order valence-electron chi connectivity index (χ2n) is 6.76. The fourth-order valence-electron chi connectivity index (χ4n) is 3.51. The second-order valence-corrected chi connectivity index (χ2v) is 6.76. The molecule has 1 aliphatic heterocycles. The highest BCUT2D eigenvalue weighted by atomic mass is 19.1. The number of hydrogen-bond donors (Lipinski definition) is 2. The van der Waals surface area contributed by atoms with E-state index in [4.69, 9.17) is 0 Å². The number of hydrogen-bond acceptors (Lipinski definition) is 5. The number of fused-ring (bicyclic) bond motifs is 1. The van der Waals surface area contributed by atoms with Gasteiger partial charge in [0, 0.05) is 0 Å². The fraction of sp³-hybridized carbons (Fsp3) is 0.389. The van der Waals surface area contributed by atoms with E-state index in [1.807, 2.05) is 6.92 Å². The van der Waals surface area contributed by atoms with Gasteiger partial charge in [-0.05, 0) is 57.1 Å². The van der Waals surface area contributed by atoms with Gasteiger partial charge >= 0.3 is 0 Å². The van der Waals surface area contributed by atoms with Crippen molar-refractivity contribution in [3.63, 3.8) is 0 Å². The van der Waals surface area contributed by atoms with Gasteiger partial charge in [0.05, 0.1) is 23.5 Å². The Hall–Kier alpha value is -2.58. The molecule has 1 aromatic carbocycles. The van der Waals surface area contributed by atoms with Crippen LogP contribution in [0.5, 0.6) is 0 Å². The maximum atomic E-state index is 13.1. The SMILES string of the molecule is CC(n1cnc2c(cnn2-c2ccc(F)cc2)c1=O)C1(O)CCNCC1. The third-order valence-electron chi connectivity index (χ3n) is 5.25. The number of aliphatic hydroxyl groups is 1. The average molecular weight is 357 g/mol. The average Bonchev–Trinajstić information content (AvgIpc) is 3.08. The second kappa shape index (κ2) is 6.30. The lowest BCUT2D eigenvalue weighted by atomic mass is 9.85. The van der Waals surface area contributed by atoms with E-state index < -0.39 is 11.6 Å². The van der Waals surface area contributed by atoms with Crippen molar-refractivity contribution in [1.29, 1.82) is 0 Å². The van der Waals surface area contributed by atoms with Crippen molar-refractivity contribution in [2.45, 2.75) is 31.4 Å². The highest BCUT2D eigenvalue weighted by molar-refractivity contribution is 5.74. The van der Waals surface area contributed by atoms with Gasteiger partial charge in [0.1, 0.15) is 17.5 Å². The van der Waals surface area contributed by atoms with Gasteiger partial charge in [-0.2, -0.15) is 5.10 Å². The topological polar surface area (TPSA) is 85.0 Å². The number of nitrogens with zero attached hydrogens (tertiary/aromatic N) is 4. The Kier molecular flexibility index (Phi) is 4.08. The summed E-state index contributed by atoms with van der Waals surface area (Å²) in [5, 5.41) is 18.7. The summed E-state index contributed by atoms with van der Waals surface area (Å²) in [6, 6.07) is 5.42. The zero-order valence-electron chi connectivity index (χ0n) is 14.4. The molecule has 3 heterocycles. The summed E-state index contributed by atoms with van der Waals surface area (Å²) < 4.78 is 16.1. The van der Waals surface area contributed by atoms with E-state index in [0.29, 0.717) is 42.7 Å². The molecule has 1 unspecified atom stereocenters. The predicted molar refractivity (Wildman–Crippen MR) is 94.8 cm³/mol. The summed E-state index contributed by atoms with van der Waals surface area (Å²) in [7, 11) is 0. The van der Waals surface area contributed by atoms with E-state index in [9.17, 15) is 14.3 Å². The lowest BCUT2D eigenvalue weighted by molar-refractivity contribution is -0.0328. The largest absolute Gasteiger partial charge is 0.388 e. The minimum atomic E-state index is -0.947. The number of benzene rings is 1. The van der Waals surface area contributed by atoms with Gasteiger partial charge in [0.25, 0.3) is 5.56 Å². The zero-order valence-corrected chi connectivity index (χ0v) is 14.4. The van der Waals surface area contributed by atoms with Gasteiger partial charge < -0.3 is 10.4 Å². The molecule has 0 bridgehead atoms. The summed E-state index contributed by atoms with van der Waals surface area (Å²) in [4.78, 5) is 17.3. The van der Waals surface area contributed by atoms with Crippen LogP contribution in [0.1, 0.15) is 25.8 Å². The number of aromatic nitrogens is 4. The number of halogens is 1. The van der Waals surface area contributed by atoms with Crippen LogP contribution >= 0.6 is 0 Å². The summed E-state index contributed by atoms with van der Waals surface area (Å²) in [5.41, 5.74) is -0.168. The molecule has 26 heavy (non-hydrogen) atoms. The Balaban J connectivity index is 1.77. The summed E-state index contributed by atoms with van der Waals surface area (Å²) in [6.07, 6.45) is 4.07. The third kappa shape index (κ3) is 2.71. The maximum absolute atomic E-state index is 13.1. The molecule has 0 radical (unpaired) electrons. The van der Waals surface area contributed by atoms with Crippen LogP contribution < -0.4 is 10.9 Å². The first kappa shape index (κ1) is 16.9. The molecule has 3 aromatic rings. The summed E-state index contributed by atoms with van der Waals surface area (Å²) in [5.74, 6) is -0.343. The first-order valence-electron chi connectivity index (χ1n) is 8.63. The molecule has 1 saturated heterocycles. The van der Waals surface area contributed by atoms with Crippen LogP contribution in [0, 0.1) is 5.82 Å². The molecular weight excluding hydrogens is 337 g/mol. The normalized spacial score (nSPS) is 18.1. The molecule has 1 aliphatic rings. The fourth-order valence-corrected chi connectivity index (χ4v) is 3.51. The molecule has 8 heteroatoms. The maximum Gasteiger partial charge on any atom is 0.264 e. The molecule has 4 rings (SSSR count). The number of nitrogens with one attached hydrogen (secondary N) is 1. The van der Waals surface area contributed by atoms with E-state index in [1.54, 1.807) is 12.1 Å². The Morgan fingerprint density at radius 1 is 1.27 bits per heavy atom. The predicted octanol–water partition coefficient (Wildman–Crippen LogP) is 1.40. The van der Waals surface area contributed by atoms with Crippen molar-refractivity contribution in [2.24, 2.45) is 0 Å². The minimum absolute atomic E-state index is 0.247. The lowest BCUT2D eigenvalue weighted by Gasteiger charge is -2.38. The van der Waals surface area contributed by atoms with Crippen molar-refractivity contribution < 1.29 is 9.50 Å². The van der Waals surface area contributed by atoms with Crippen molar-refractivity contribution in [3.05, 3.63) is 53.0 Å². The number of piperidine rings is 1. The molecule has 2 aromatic heterocycles. The molecule has 136 valence electrons. The quantitative estimate of drug-likeness (QED) is 0.740. The van der Waals surface area contributed by atoms with Gasteiger partial charge in [0.15, 0.2) is 5.65 Å². The lowest BCUT2D eigenvalue weighted by Crippen LogP contribution is -2.48. The number of rotatable bonds is 3. The van der Waals surface area contributed by atoms with Crippen molar-refractivity contribution in [2.75, 3.05) is 13.1 Å². The van der Waals surface area contributed by atoms with Crippen LogP contribution in [0.4, 0.5) is 4.39 Å². The molecule has 0 amide bonds. The first-order chi connectivity index (χ1) is 12.5. The molecule has 2 N–H and O–H groups in total. The van der Waals surface area contributed by atoms with Gasteiger partial charge in [-0.3, -0.25) is 9.36 Å². The molecular formula is C18H20FN5O2. The standard InChI is InChI=1S/C18H20FN5O2/c1-12(18(26)6-8-20-9-7-18)23-11-21-16-15(17(23)25)10-22-24(16)14-4-2-13(19)3-5-14/h2-5,10-12,20,26H,6-9H2,1H3. The highest BCUT2D eigenvalue weighted by Crippen LogP contribution is 2.30. The van der Waals surface area contributed by atoms with Crippen molar-refractivity contribution in [1.82, 2.24) is 24.6 Å². The Morgan fingerprint density at radius 3 is 2.65 bits per heavy atom. The van der Waals surface area contributed by atoms with Gasteiger partial charge in [-0.1, -0.05) is 0 Å². The monoisotopic (exact) mass is 357 g/mol. The molecule has 1 atom stereocenters. The van der Waals surface area contributed by atoms with Crippen LogP contribution in [0.2, 0.25) is 0 Å². The van der Waals surface area contributed by atoms with Crippen molar-refractivity contribution in [3.8, 4) is 5.69 Å². The minimum Gasteiger partial charge on any atom is -0.388 e.